The molecule has 2 atom stereocenters. The molecule has 0 aromatic rings. The minimum Gasteiger partial charge on any atom is -0.380 e. The van der Waals surface area contributed by atoms with Crippen molar-refractivity contribution < 1.29 is 5.11 Å². The largest absolute Gasteiger partial charge is 0.380 e. The van der Waals surface area contributed by atoms with Crippen LogP contribution in [0.3, 0.4) is 0 Å². The van der Waals surface area contributed by atoms with Crippen molar-refractivity contribution in [2.45, 2.75) is 30.7 Å². The molecule has 0 aliphatic heterocycles. The summed E-state index contributed by atoms with van der Waals surface area (Å²) in [5.41, 5.74) is 0. The molecule has 0 saturated carbocycles. The summed E-state index contributed by atoms with van der Waals surface area (Å²) in [4.78, 5) is 0. The van der Waals surface area contributed by atoms with Gasteiger partial charge in [-0.15, -0.1) is 11.6 Å². The Bertz CT molecular complexity index is 239. The first-order chi connectivity index (χ1) is 6.56. The number of halogens is 3. The smallest absolute Gasteiger partial charge is 0.115 e. The van der Waals surface area contributed by atoms with Crippen LogP contribution in [0.15, 0.2) is 11.1 Å². The second kappa shape index (κ2) is 9.34. The van der Waals surface area contributed by atoms with Gasteiger partial charge in [-0.2, -0.15) is 0 Å². The number of hydrogen-bond donors (Lipinski definition) is 1. The zero-order chi connectivity index (χ0) is 11.0. The van der Waals surface area contributed by atoms with Gasteiger partial charge in [-0.05, 0) is 37.9 Å². The molecule has 0 heterocycles. The van der Waals surface area contributed by atoms with Gasteiger partial charge in [-0.1, -0.05) is 28.4 Å². The van der Waals surface area contributed by atoms with Crippen LogP contribution >= 0.6 is 57.7 Å². The van der Waals surface area contributed by atoms with E-state index in [0.717, 1.165) is 17.3 Å². The summed E-state index contributed by atoms with van der Waals surface area (Å²) in [5.74, 6) is 2.71. The van der Waals surface area contributed by atoms with Crippen LogP contribution in [0.4, 0.5) is 0 Å². The zero-order valence-corrected chi connectivity index (χ0v) is 12.8. The van der Waals surface area contributed by atoms with Crippen LogP contribution in [-0.4, -0.2) is 16.6 Å². The first-order valence-electron chi connectivity index (χ1n) is 3.99. The minimum atomic E-state index is -0.567. The maximum atomic E-state index is 9.38. The van der Waals surface area contributed by atoms with E-state index in [1.165, 1.54) is 8.93 Å². The number of rotatable bonds is 5. The number of aliphatic hydroxyl groups is 1. The fourth-order valence-electron chi connectivity index (χ4n) is 0.844. The number of alkyl halides is 1. The van der Waals surface area contributed by atoms with Gasteiger partial charge in [0.15, 0.2) is 0 Å². The molecule has 0 amide bonds. The highest BCUT2D eigenvalue weighted by molar-refractivity contribution is 14.2. The second-order valence-corrected chi connectivity index (χ2v) is 6.15. The lowest BCUT2D eigenvalue weighted by atomic mass is 10.1. The Kier molecular flexibility index (Phi) is 10.1. The van der Waals surface area contributed by atoms with Gasteiger partial charge in [0.2, 0.25) is 0 Å². The molecule has 14 heavy (non-hydrogen) atoms. The summed E-state index contributed by atoms with van der Waals surface area (Å²) < 4.78 is 0.890. The molecule has 0 bridgehead atoms. The number of aliphatic hydroxyl groups excluding tert-OH is 1. The highest BCUT2D eigenvalue weighted by Crippen LogP contribution is 2.19. The van der Waals surface area contributed by atoms with E-state index in [1.807, 2.05) is 0 Å². The van der Waals surface area contributed by atoms with Crippen molar-refractivity contribution in [3.63, 3.8) is 0 Å². The molecule has 80 valence electrons. The third-order valence-corrected chi connectivity index (χ3v) is 3.01. The van der Waals surface area contributed by atoms with E-state index in [2.05, 4.69) is 54.9 Å². The van der Waals surface area contributed by atoms with Crippen LogP contribution in [0.1, 0.15) is 19.3 Å². The van der Waals surface area contributed by atoms with E-state index >= 15 is 0 Å². The van der Waals surface area contributed by atoms with Crippen LogP contribution < -0.4 is 0 Å². The van der Waals surface area contributed by atoms with Gasteiger partial charge in [0.05, 0.1) is 0 Å². The van der Waals surface area contributed by atoms with Crippen LogP contribution in [0.25, 0.3) is 0 Å². The van der Waals surface area contributed by atoms with Crippen molar-refractivity contribution in [2.75, 3.05) is 0 Å². The Labute approximate surface area is 115 Å². The molecule has 0 fully saturated rings. The molecule has 0 aromatic carbocycles. The Balaban J connectivity index is 3.65. The molecular weight excluding hydrogens is 398 g/mol. The lowest BCUT2D eigenvalue weighted by Gasteiger charge is -2.08. The Morgan fingerprint density at radius 2 is 2.29 bits per heavy atom. The predicted molar refractivity (Wildman–Crippen MR) is 77.0 cm³/mol. The number of hydrogen-bond acceptors (Lipinski definition) is 2. The predicted octanol–water partition coefficient (Wildman–Crippen LogP) is 4.08. The first-order valence-corrected chi connectivity index (χ1v) is 8.58. The van der Waals surface area contributed by atoms with E-state index < -0.39 is 6.10 Å². The van der Waals surface area contributed by atoms with Crippen molar-refractivity contribution in [3.8, 4) is 11.2 Å². The van der Waals surface area contributed by atoms with Gasteiger partial charge in [0.1, 0.15) is 6.10 Å². The Hall–Kier alpha value is 1.11. The van der Waals surface area contributed by atoms with Crippen molar-refractivity contribution in [3.05, 3.63) is 11.1 Å². The van der Waals surface area contributed by atoms with E-state index in [1.54, 1.807) is 0 Å². The standard InChI is InChI=1S/C9H11BrClIOS/c1-7(10)6-8(11)2-3-9(13)4-5-14-12/h8-9,13H,1-3,6H2/t8-,9?/m1/s1. The highest BCUT2D eigenvalue weighted by Gasteiger charge is 2.08. The van der Waals surface area contributed by atoms with Crippen molar-refractivity contribution in [1.29, 1.82) is 0 Å². The third-order valence-electron chi connectivity index (χ3n) is 1.46. The summed E-state index contributed by atoms with van der Waals surface area (Å²) in [6.45, 7) is 3.71. The number of allylic oxidation sites excluding steroid dienone is 1. The maximum Gasteiger partial charge on any atom is 0.115 e. The molecule has 1 N–H and O–H groups in total. The minimum absolute atomic E-state index is 0.0191. The molecule has 5 heteroatoms. The molecule has 1 nitrogen and oxygen atoms in total. The van der Waals surface area contributed by atoms with Crippen LogP contribution in [-0.2, 0) is 0 Å². The van der Waals surface area contributed by atoms with Gasteiger partial charge >= 0.3 is 0 Å². The maximum absolute atomic E-state index is 9.38. The summed E-state index contributed by atoms with van der Waals surface area (Å²) in [7, 11) is 1.37. The Morgan fingerprint density at radius 1 is 1.64 bits per heavy atom. The normalized spacial score (nSPS) is 14.0. The van der Waals surface area contributed by atoms with Gasteiger partial charge < -0.3 is 5.11 Å². The molecule has 0 aromatic heterocycles. The summed E-state index contributed by atoms with van der Waals surface area (Å²) in [6, 6.07) is 0. The van der Waals surface area contributed by atoms with Gasteiger partial charge in [0, 0.05) is 26.6 Å². The monoisotopic (exact) mass is 408 g/mol. The SMILES string of the molecule is C=C(Br)C[C@H](Cl)CCC(O)C#CSI. The average Bonchev–Trinajstić information content (AvgIpc) is 2.10. The molecule has 1 unspecified atom stereocenters. The van der Waals surface area contributed by atoms with Crippen molar-refractivity contribution in [1.82, 2.24) is 0 Å². The van der Waals surface area contributed by atoms with Crippen molar-refractivity contribution in [2.24, 2.45) is 0 Å². The average molecular weight is 410 g/mol. The Morgan fingerprint density at radius 3 is 2.79 bits per heavy atom. The molecule has 0 saturated heterocycles. The molecule has 0 radical (unpaired) electrons. The summed E-state index contributed by atoms with van der Waals surface area (Å²) in [6.07, 6.45) is 1.51. The lowest BCUT2D eigenvalue weighted by Crippen LogP contribution is -2.07. The van der Waals surface area contributed by atoms with Crippen LogP contribution in [0.2, 0.25) is 0 Å². The van der Waals surface area contributed by atoms with Crippen LogP contribution in [0.5, 0.6) is 0 Å². The molecule has 0 spiro atoms. The highest BCUT2D eigenvalue weighted by atomic mass is 127. The fourth-order valence-corrected chi connectivity index (χ4v) is 2.29. The third kappa shape index (κ3) is 9.66. The van der Waals surface area contributed by atoms with Crippen molar-refractivity contribution >= 4 is 57.7 Å². The summed E-state index contributed by atoms with van der Waals surface area (Å²) >= 11 is 11.3. The quantitative estimate of drug-likeness (QED) is 0.420. The van der Waals surface area contributed by atoms with E-state index in [0.29, 0.717) is 6.42 Å². The lowest BCUT2D eigenvalue weighted by molar-refractivity contribution is 0.218. The summed E-state index contributed by atoms with van der Waals surface area (Å²) in [5, 5.41) is 12.1. The van der Waals surface area contributed by atoms with E-state index in [9.17, 15) is 5.11 Å². The molecule has 0 aliphatic rings. The molecular formula is C9H11BrClIOS. The second-order valence-electron chi connectivity index (χ2n) is 2.74. The van der Waals surface area contributed by atoms with Gasteiger partial charge in [-0.25, -0.2) is 0 Å². The molecule has 0 rings (SSSR count). The van der Waals surface area contributed by atoms with Gasteiger partial charge in [-0.3, -0.25) is 0 Å². The van der Waals surface area contributed by atoms with Gasteiger partial charge in [0.25, 0.3) is 0 Å². The first kappa shape index (κ1) is 15.1. The zero-order valence-electron chi connectivity index (χ0n) is 7.47. The van der Waals surface area contributed by atoms with E-state index in [-0.39, 0.29) is 5.38 Å². The topological polar surface area (TPSA) is 20.2 Å². The van der Waals surface area contributed by atoms with E-state index in [4.69, 9.17) is 11.6 Å². The van der Waals surface area contributed by atoms with Crippen LogP contribution in [0, 0.1) is 11.2 Å². The molecule has 0 aliphatic carbocycles. The fraction of sp³-hybridized carbons (Fsp3) is 0.556.